The lowest BCUT2D eigenvalue weighted by Crippen LogP contribution is -2.11. The largest absolute Gasteiger partial charge is 0.478 e. The zero-order chi connectivity index (χ0) is 14.5. The number of nitrogens with one attached hydrogen (secondary N) is 1. The van der Waals surface area contributed by atoms with E-state index in [9.17, 15) is 14.0 Å². The zero-order valence-corrected chi connectivity index (χ0v) is 10.2. The number of carboxylic acids is 1. The summed E-state index contributed by atoms with van der Waals surface area (Å²) in [6, 6.07) is 6.98. The summed E-state index contributed by atoms with van der Waals surface area (Å²) in [5.41, 5.74) is 0.361. The maximum atomic E-state index is 13.7. The number of rotatable bonds is 4. The van der Waals surface area contributed by atoms with Gasteiger partial charge in [-0.2, -0.15) is 0 Å². The molecule has 0 spiro atoms. The monoisotopic (exact) mass is 275 g/mol. The van der Waals surface area contributed by atoms with Crippen LogP contribution in [-0.2, 0) is 4.79 Å². The molecule has 1 heterocycles. The van der Waals surface area contributed by atoms with Gasteiger partial charge in [-0.1, -0.05) is 0 Å². The van der Waals surface area contributed by atoms with Gasteiger partial charge in [-0.05, 0) is 36.4 Å². The molecule has 0 saturated heterocycles. The molecule has 0 aliphatic rings. The van der Waals surface area contributed by atoms with E-state index in [-0.39, 0.29) is 17.0 Å². The third-order valence-electron chi connectivity index (χ3n) is 2.41. The van der Waals surface area contributed by atoms with Gasteiger partial charge in [-0.15, -0.1) is 0 Å². The van der Waals surface area contributed by atoms with Crippen molar-refractivity contribution in [1.29, 1.82) is 0 Å². The summed E-state index contributed by atoms with van der Waals surface area (Å²) in [5, 5.41) is 10.9. The Kier molecular flexibility index (Phi) is 3.95. The third kappa shape index (κ3) is 3.32. The first-order chi connectivity index (χ1) is 9.56. The first-order valence-corrected chi connectivity index (χ1v) is 5.61. The molecule has 0 bridgehead atoms. The summed E-state index contributed by atoms with van der Waals surface area (Å²) in [7, 11) is 0. The van der Waals surface area contributed by atoms with Gasteiger partial charge in [0.05, 0.1) is 6.26 Å². The molecule has 102 valence electrons. The Morgan fingerprint density at radius 1 is 1.30 bits per heavy atom. The Hall–Kier alpha value is -2.89. The van der Waals surface area contributed by atoms with E-state index in [1.807, 2.05) is 0 Å². The molecule has 1 aromatic heterocycles. The third-order valence-corrected chi connectivity index (χ3v) is 2.41. The van der Waals surface area contributed by atoms with Crippen molar-refractivity contribution >= 4 is 23.6 Å². The second kappa shape index (κ2) is 5.83. The van der Waals surface area contributed by atoms with Crippen molar-refractivity contribution in [3.8, 4) is 0 Å². The van der Waals surface area contributed by atoms with E-state index in [0.717, 1.165) is 18.2 Å². The fourth-order valence-corrected chi connectivity index (χ4v) is 1.50. The minimum absolute atomic E-state index is 0.111. The highest BCUT2D eigenvalue weighted by molar-refractivity contribution is 6.02. The number of carbonyl (C=O) groups is 2. The molecular weight excluding hydrogens is 265 g/mol. The van der Waals surface area contributed by atoms with Crippen LogP contribution in [0.1, 0.15) is 16.1 Å². The number of furan rings is 1. The quantitative estimate of drug-likeness (QED) is 0.841. The van der Waals surface area contributed by atoms with E-state index in [2.05, 4.69) is 5.32 Å². The Labute approximate surface area is 113 Å². The highest BCUT2D eigenvalue weighted by Gasteiger charge is 2.09. The van der Waals surface area contributed by atoms with Crippen LogP contribution in [0.3, 0.4) is 0 Å². The number of benzene rings is 1. The molecule has 0 fully saturated rings. The maximum absolute atomic E-state index is 13.7. The fraction of sp³-hybridized carbons (Fsp3) is 0. The van der Waals surface area contributed by atoms with Crippen molar-refractivity contribution in [3.05, 3.63) is 59.8 Å². The van der Waals surface area contributed by atoms with E-state index in [4.69, 9.17) is 9.52 Å². The van der Waals surface area contributed by atoms with Crippen LogP contribution < -0.4 is 5.32 Å². The lowest BCUT2D eigenvalue weighted by atomic mass is 10.1. The van der Waals surface area contributed by atoms with Crippen molar-refractivity contribution < 1.29 is 23.5 Å². The molecule has 0 aliphatic carbocycles. The van der Waals surface area contributed by atoms with Crippen molar-refractivity contribution in [2.45, 2.75) is 0 Å². The van der Waals surface area contributed by atoms with Crippen molar-refractivity contribution in [2.24, 2.45) is 0 Å². The van der Waals surface area contributed by atoms with Gasteiger partial charge < -0.3 is 14.8 Å². The van der Waals surface area contributed by atoms with Gasteiger partial charge in [0.25, 0.3) is 5.91 Å². The zero-order valence-electron chi connectivity index (χ0n) is 10.2. The molecule has 0 radical (unpaired) electrons. The van der Waals surface area contributed by atoms with Crippen molar-refractivity contribution in [1.82, 2.24) is 0 Å². The van der Waals surface area contributed by atoms with E-state index in [0.29, 0.717) is 0 Å². The number of carboxylic acid groups (broad SMARTS) is 1. The van der Waals surface area contributed by atoms with Crippen LogP contribution in [0, 0.1) is 5.82 Å². The Morgan fingerprint density at radius 2 is 2.10 bits per heavy atom. The number of anilines is 1. The van der Waals surface area contributed by atoms with Crippen LogP contribution >= 0.6 is 0 Å². The number of carbonyl (C=O) groups excluding carboxylic acids is 1. The molecule has 2 aromatic rings. The normalized spacial score (nSPS) is 10.7. The number of amides is 1. The summed E-state index contributed by atoms with van der Waals surface area (Å²) in [6.07, 6.45) is 3.32. The second-order valence-corrected chi connectivity index (χ2v) is 3.84. The Morgan fingerprint density at radius 3 is 2.70 bits per heavy atom. The van der Waals surface area contributed by atoms with Gasteiger partial charge in [0.15, 0.2) is 5.76 Å². The van der Waals surface area contributed by atoms with E-state index in [1.165, 1.54) is 24.5 Å². The van der Waals surface area contributed by atoms with Gasteiger partial charge in [-0.25, -0.2) is 9.18 Å². The maximum Gasteiger partial charge on any atom is 0.328 e. The van der Waals surface area contributed by atoms with Crippen LogP contribution in [0.4, 0.5) is 10.1 Å². The van der Waals surface area contributed by atoms with Crippen molar-refractivity contribution in [3.63, 3.8) is 0 Å². The molecule has 0 saturated carbocycles. The second-order valence-electron chi connectivity index (χ2n) is 3.84. The lowest BCUT2D eigenvalue weighted by Gasteiger charge is -2.04. The molecule has 5 nitrogen and oxygen atoms in total. The molecule has 0 atom stereocenters. The Balaban J connectivity index is 2.13. The molecule has 1 amide bonds. The van der Waals surface area contributed by atoms with Gasteiger partial charge >= 0.3 is 5.97 Å². The number of hydrogen-bond acceptors (Lipinski definition) is 3. The molecule has 20 heavy (non-hydrogen) atoms. The first kappa shape index (κ1) is 13.5. The molecule has 6 heteroatoms. The highest BCUT2D eigenvalue weighted by Crippen LogP contribution is 2.17. The average molecular weight is 275 g/mol. The van der Waals surface area contributed by atoms with Crippen molar-refractivity contribution in [2.75, 3.05) is 5.32 Å². The predicted octanol–water partition coefficient (Wildman–Crippen LogP) is 2.77. The van der Waals surface area contributed by atoms with Crippen LogP contribution in [-0.4, -0.2) is 17.0 Å². The van der Waals surface area contributed by atoms with Crippen LogP contribution in [0.5, 0.6) is 0 Å². The summed E-state index contributed by atoms with van der Waals surface area (Å²) in [5.74, 6) is -2.19. The van der Waals surface area contributed by atoms with Gasteiger partial charge in [0, 0.05) is 17.3 Å². The van der Waals surface area contributed by atoms with Crippen LogP contribution in [0.15, 0.2) is 47.1 Å². The van der Waals surface area contributed by atoms with Crippen LogP contribution in [0.2, 0.25) is 0 Å². The number of hydrogen-bond donors (Lipinski definition) is 2. The molecular formula is C14H10FNO4. The Bertz CT molecular complexity index is 662. The SMILES string of the molecule is O=C(O)C=Cc1ccc(NC(=O)c2ccco2)cc1F. The summed E-state index contributed by atoms with van der Waals surface area (Å²) in [4.78, 5) is 22.0. The van der Waals surface area contributed by atoms with E-state index < -0.39 is 17.7 Å². The minimum Gasteiger partial charge on any atom is -0.478 e. The summed E-state index contributed by atoms with van der Waals surface area (Å²) < 4.78 is 18.6. The van der Waals surface area contributed by atoms with E-state index >= 15 is 0 Å². The highest BCUT2D eigenvalue weighted by atomic mass is 19.1. The molecule has 2 N–H and O–H groups in total. The molecule has 0 unspecified atom stereocenters. The van der Waals surface area contributed by atoms with E-state index in [1.54, 1.807) is 6.07 Å². The topological polar surface area (TPSA) is 79.5 Å². The standard InChI is InChI=1S/C14H10FNO4/c15-11-8-10(5-3-9(11)4-6-13(17)18)16-14(19)12-2-1-7-20-12/h1-8H,(H,16,19)(H,17,18). The smallest absolute Gasteiger partial charge is 0.328 e. The fourth-order valence-electron chi connectivity index (χ4n) is 1.50. The van der Waals surface area contributed by atoms with Crippen LogP contribution in [0.25, 0.3) is 6.08 Å². The molecule has 0 aliphatic heterocycles. The molecule has 2 rings (SSSR count). The van der Waals surface area contributed by atoms with Gasteiger partial charge in [0.1, 0.15) is 5.82 Å². The number of halogens is 1. The summed E-state index contributed by atoms with van der Waals surface area (Å²) in [6.45, 7) is 0. The average Bonchev–Trinajstić information content (AvgIpc) is 2.91. The number of aliphatic carboxylic acids is 1. The molecule has 1 aromatic carbocycles. The van der Waals surface area contributed by atoms with Gasteiger partial charge in [0.2, 0.25) is 0 Å². The predicted molar refractivity (Wildman–Crippen MR) is 69.7 cm³/mol. The van der Waals surface area contributed by atoms with Gasteiger partial charge in [-0.3, -0.25) is 4.79 Å². The summed E-state index contributed by atoms with van der Waals surface area (Å²) >= 11 is 0. The lowest BCUT2D eigenvalue weighted by molar-refractivity contribution is -0.131. The first-order valence-electron chi connectivity index (χ1n) is 5.61. The minimum atomic E-state index is -1.17.